The van der Waals surface area contributed by atoms with E-state index in [1.165, 1.54) is 18.2 Å². The van der Waals surface area contributed by atoms with E-state index in [1.54, 1.807) is 0 Å². The number of carbonyl (C=O) groups is 2. The summed E-state index contributed by atoms with van der Waals surface area (Å²) in [5.74, 6) is -4.48. The second kappa shape index (κ2) is 5.72. The van der Waals surface area contributed by atoms with E-state index in [2.05, 4.69) is 4.74 Å². The molecule has 0 aromatic heterocycles. The molecule has 1 aromatic carbocycles. The Morgan fingerprint density at radius 1 is 1.22 bits per heavy atom. The molecule has 0 aliphatic rings. The number of ketones is 1. The van der Waals surface area contributed by atoms with Crippen molar-refractivity contribution in [3.63, 3.8) is 0 Å². The highest BCUT2D eigenvalue weighted by Crippen LogP contribution is 2.09. The van der Waals surface area contributed by atoms with Crippen molar-refractivity contribution in [1.29, 1.82) is 0 Å². The van der Waals surface area contributed by atoms with Crippen molar-refractivity contribution in [2.75, 3.05) is 18.6 Å². The van der Waals surface area contributed by atoms with Crippen LogP contribution in [0.3, 0.4) is 0 Å². The molecule has 0 amide bonds. The molecule has 0 unspecified atom stereocenters. The highest BCUT2D eigenvalue weighted by Gasteiger charge is 2.23. The van der Waals surface area contributed by atoms with E-state index in [-0.39, 0.29) is 5.56 Å². The molecule has 0 N–H and O–H groups in total. The average Bonchev–Trinajstić information content (AvgIpc) is 2.27. The number of methoxy groups -OCH3 is 1. The first-order valence-electron chi connectivity index (χ1n) is 4.90. The van der Waals surface area contributed by atoms with Crippen LogP contribution in [0.2, 0.25) is 0 Å². The zero-order valence-corrected chi connectivity index (χ0v) is 10.4. The third-order valence-corrected chi connectivity index (χ3v) is 3.47. The summed E-state index contributed by atoms with van der Waals surface area (Å²) in [4.78, 5) is 22.4. The third kappa shape index (κ3) is 3.92. The molecule has 0 aliphatic heterocycles. The van der Waals surface area contributed by atoms with Crippen LogP contribution in [0, 0.1) is 5.82 Å². The quantitative estimate of drug-likeness (QED) is 0.580. The van der Waals surface area contributed by atoms with Crippen LogP contribution < -0.4 is 0 Å². The lowest BCUT2D eigenvalue weighted by Gasteiger charge is -2.03. The summed E-state index contributed by atoms with van der Waals surface area (Å²) < 4.78 is 40.3. The molecule has 0 aliphatic carbocycles. The van der Waals surface area contributed by atoms with Crippen LogP contribution in [-0.4, -0.2) is 38.8 Å². The summed E-state index contributed by atoms with van der Waals surface area (Å²) in [5.41, 5.74) is -0.314. The fourth-order valence-corrected chi connectivity index (χ4v) is 2.39. The van der Waals surface area contributed by atoms with Gasteiger partial charge in [0, 0.05) is 0 Å². The molecule has 0 heterocycles. The number of benzene rings is 1. The van der Waals surface area contributed by atoms with Crippen LogP contribution in [0.25, 0.3) is 0 Å². The smallest absolute Gasteiger partial charge is 0.320 e. The zero-order valence-electron chi connectivity index (χ0n) is 9.55. The van der Waals surface area contributed by atoms with Gasteiger partial charge in [-0.05, 0) is 12.1 Å². The van der Waals surface area contributed by atoms with Crippen LogP contribution in [0.1, 0.15) is 10.4 Å². The van der Waals surface area contributed by atoms with Crippen LogP contribution in [0.15, 0.2) is 24.3 Å². The molecule has 98 valence electrons. The molecule has 1 rings (SSSR count). The lowest BCUT2D eigenvalue weighted by atomic mass is 10.1. The minimum Gasteiger partial charge on any atom is -0.468 e. The number of ether oxygens (including phenoxy) is 1. The second-order valence-corrected chi connectivity index (χ2v) is 5.58. The summed E-state index contributed by atoms with van der Waals surface area (Å²) in [7, 11) is -2.91. The molecular formula is C11H11FO5S. The van der Waals surface area contributed by atoms with Crippen LogP contribution >= 0.6 is 0 Å². The highest BCUT2D eigenvalue weighted by atomic mass is 32.2. The number of sulfone groups is 1. The highest BCUT2D eigenvalue weighted by molar-refractivity contribution is 7.92. The molecule has 7 heteroatoms. The maximum absolute atomic E-state index is 13.2. The van der Waals surface area contributed by atoms with Crippen LogP contribution in [0.4, 0.5) is 4.39 Å². The first kappa shape index (κ1) is 14.3. The van der Waals surface area contributed by atoms with Crippen molar-refractivity contribution in [2.24, 2.45) is 0 Å². The molecule has 5 nitrogen and oxygen atoms in total. The third-order valence-electron chi connectivity index (χ3n) is 2.09. The maximum Gasteiger partial charge on any atom is 0.320 e. The minimum absolute atomic E-state index is 0.314. The van der Waals surface area contributed by atoms with E-state index in [9.17, 15) is 22.4 Å². The monoisotopic (exact) mass is 274 g/mol. The van der Waals surface area contributed by atoms with Gasteiger partial charge >= 0.3 is 5.97 Å². The Hall–Kier alpha value is -1.76. The van der Waals surface area contributed by atoms with E-state index in [4.69, 9.17) is 0 Å². The number of hydrogen-bond donors (Lipinski definition) is 0. The number of Topliss-reactive ketones (excluding diaryl/α,β-unsaturated/α-hetero) is 1. The molecule has 0 saturated heterocycles. The van der Waals surface area contributed by atoms with Gasteiger partial charge in [-0.15, -0.1) is 0 Å². The Morgan fingerprint density at radius 3 is 2.39 bits per heavy atom. The summed E-state index contributed by atoms with van der Waals surface area (Å²) in [6, 6.07) is 5.05. The number of rotatable bonds is 5. The van der Waals surface area contributed by atoms with E-state index >= 15 is 0 Å². The Morgan fingerprint density at radius 2 is 1.83 bits per heavy atom. The molecule has 0 bridgehead atoms. The summed E-state index contributed by atoms with van der Waals surface area (Å²) in [6.45, 7) is 0. The Kier molecular flexibility index (Phi) is 4.55. The van der Waals surface area contributed by atoms with E-state index in [0.29, 0.717) is 0 Å². The van der Waals surface area contributed by atoms with Crippen LogP contribution in [0.5, 0.6) is 0 Å². The lowest BCUT2D eigenvalue weighted by molar-refractivity contribution is -0.137. The van der Waals surface area contributed by atoms with E-state index in [1.807, 2.05) is 0 Å². The van der Waals surface area contributed by atoms with Crippen molar-refractivity contribution >= 4 is 21.6 Å². The predicted molar refractivity (Wildman–Crippen MR) is 61.4 cm³/mol. The zero-order chi connectivity index (χ0) is 13.8. The Bertz CT molecular complexity index is 565. The number of hydrogen-bond acceptors (Lipinski definition) is 5. The van der Waals surface area contributed by atoms with E-state index < -0.39 is 38.9 Å². The molecule has 0 fully saturated rings. The van der Waals surface area contributed by atoms with Crippen molar-refractivity contribution in [3.05, 3.63) is 35.6 Å². The summed E-state index contributed by atoms with van der Waals surface area (Å²) in [5, 5.41) is 0. The van der Waals surface area contributed by atoms with Gasteiger partial charge in [0.05, 0.1) is 12.7 Å². The van der Waals surface area contributed by atoms with Crippen molar-refractivity contribution in [2.45, 2.75) is 0 Å². The SMILES string of the molecule is COC(=O)CS(=O)(=O)CC(=O)c1ccccc1F. The van der Waals surface area contributed by atoms with Gasteiger partial charge in [-0.25, -0.2) is 12.8 Å². The second-order valence-electron chi connectivity index (χ2n) is 3.51. The fraction of sp³-hybridized carbons (Fsp3) is 0.273. The van der Waals surface area contributed by atoms with Gasteiger partial charge < -0.3 is 4.74 Å². The van der Waals surface area contributed by atoms with Gasteiger partial charge in [0.1, 0.15) is 17.3 Å². The number of esters is 1. The van der Waals surface area contributed by atoms with Gasteiger partial charge in [-0.2, -0.15) is 0 Å². The van der Waals surface area contributed by atoms with Gasteiger partial charge in [-0.3, -0.25) is 9.59 Å². The van der Waals surface area contributed by atoms with Gasteiger partial charge in [0.2, 0.25) is 0 Å². The lowest BCUT2D eigenvalue weighted by Crippen LogP contribution is -2.24. The van der Waals surface area contributed by atoms with Crippen LogP contribution in [-0.2, 0) is 19.4 Å². The number of carbonyl (C=O) groups excluding carboxylic acids is 2. The molecule has 1 aromatic rings. The maximum atomic E-state index is 13.2. The predicted octanol–water partition coefficient (Wildman–Crippen LogP) is 0.596. The minimum atomic E-state index is -3.95. The molecule has 0 radical (unpaired) electrons. The summed E-state index contributed by atoms with van der Waals surface area (Å²) >= 11 is 0. The van der Waals surface area contributed by atoms with Gasteiger partial charge in [0.25, 0.3) is 0 Å². The molecule has 0 spiro atoms. The van der Waals surface area contributed by atoms with Gasteiger partial charge in [-0.1, -0.05) is 12.1 Å². The average molecular weight is 274 g/mol. The van der Waals surface area contributed by atoms with Crippen molar-refractivity contribution in [3.8, 4) is 0 Å². The Labute approximate surface area is 103 Å². The first-order chi connectivity index (χ1) is 8.35. The first-order valence-corrected chi connectivity index (χ1v) is 6.73. The van der Waals surface area contributed by atoms with E-state index in [0.717, 1.165) is 13.2 Å². The van der Waals surface area contributed by atoms with Crippen molar-refractivity contribution < 1.29 is 27.1 Å². The molecular weight excluding hydrogens is 263 g/mol. The topological polar surface area (TPSA) is 77.5 Å². The Balaban J connectivity index is 2.83. The normalized spacial score (nSPS) is 11.0. The standard InChI is InChI=1S/C11H11FO5S/c1-17-11(14)7-18(15,16)6-10(13)8-4-2-3-5-9(8)12/h2-5H,6-7H2,1H3. The van der Waals surface area contributed by atoms with Crippen molar-refractivity contribution in [1.82, 2.24) is 0 Å². The molecule has 18 heavy (non-hydrogen) atoms. The summed E-state index contributed by atoms with van der Waals surface area (Å²) in [6.07, 6.45) is 0. The molecule has 0 saturated carbocycles. The number of halogens is 1. The molecule has 0 atom stereocenters. The van der Waals surface area contributed by atoms with Gasteiger partial charge in [0.15, 0.2) is 15.6 Å². The fourth-order valence-electron chi connectivity index (χ4n) is 1.25. The largest absolute Gasteiger partial charge is 0.468 e.